The van der Waals surface area contributed by atoms with Crippen LogP contribution in [0.25, 0.3) is 0 Å². The molecule has 0 aliphatic carbocycles. The lowest BCUT2D eigenvalue weighted by Gasteiger charge is -2.35. The number of hydrogen-bond donors (Lipinski definition) is 0. The molecule has 5 nitrogen and oxygen atoms in total. The van der Waals surface area contributed by atoms with Gasteiger partial charge in [-0.1, -0.05) is 13.8 Å². The summed E-state index contributed by atoms with van der Waals surface area (Å²) in [5.41, 5.74) is 1.01. The van der Waals surface area contributed by atoms with Crippen LogP contribution in [0.15, 0.2) is 47.3 Å². The molecule has 122 valence electrons. The Labute approximate surface area is 136 Å². The normalized spacial score (nSPS) is 19.8. The molecule has 0 aromatic carbocycles. The summed E-state index contributed by atoms with van der Waals surface area (Å²) < 4.78 is 11.2. The molecule has 23 heavy (non-hydrogen) atoms. The van der Waals surface area contributed by atoms with Crippen LogP contribution in [0.3, 0.4) is 0 Å². The summed E-state index contributed by atoms with van der Waals surface area (Å²) in [5, 5.41) is 0. The number of aromatic nitrogens is 1. The fourth-order valence-electron chi connectivity index (χ4n) is 3.08. The molecular formula is C18H22N2O3. The van der Waals surface area contributed by atoms with Crippen LogP contribution in [0.4, 0.5) is 0 Å². The van der Waals surface area contributed by atoms with Gasteiger partial charge in [-0.3, -0.25) is 9.78 Å². The van der Waals surface area contributed by atoms with Gasteiger partial charge in [-0.15, -0.1) is 0 Å². The highest BCUT2D eigenvalue weighted by Gasteiger charge is 2.33. The second-order valence-corrected chi connectivity index (χ2v) is 6.16. The van der Waals surface area contributed by atoms with Crippen molar-refractivity contribution < 1.29 is 13.9 Å². The van der Waals surface area contributed by atoms with E-state index >= 15 is 0 Å². The number of carbonyl (C=O) groups excluding carboxylic acids is 1. The number of hydrogen-bond acceptors (Lipinski definition) is 4. The standard InChI is InChI=1S/C18H22N2O3/c1-13(2)17(14-5-7-19-8-6-14)18(21)20-9-11-23-16(12-20)15-4-3-10-22-15/h3-8,10,13,16-17H,9,11-12H2,1-2H3/t16-,17+/m1/s1. The molecule has 2 aromatic rings. The lowest BCUT2D eigenvalue weighted by atomic mass is 9.87. The van der Waals surface area contributed by atoms with Gasteiger partial charge in [-0.05, 0) is 35.7 Å². The van der Waals surface area contributed by atoms with Gasteiger partial charge in [0.1, 0.15) is 11.9 Å². The van der Waals surface area contributed by atoms with Crippen molar-refractivity contribution in [3.63, 3.8) is 0 Å². The third-order valence-electron chi connectivity index (χ3n) is 4.24. The van der Waals surface area contributed by atoms with Crippen molar-refractivity contribution in [3.8, 4) is 0 Å². The summed E-state index contributed by atoms with van der Waals surface area (Å²) in [4.78, 5) is 19.0. The summed E-state index contributed by atoms with van der Waals surface area (Å²) >= 11 is 0. The number of furan rings is 1. The number of rotatable bonds is 4. The Morgan fingerprint density at radius 3 is 2.74 bits per heavy atom. The van der Waals surface area contributed by atoms with Gasteiger partial charge in [0.15, 0.2) is 0 Å². The van der Waals surface area contributed by atoms with Crippen molar-refractivity contribution in [2.75, 3.05) is 19.7 Å². The Balaban J connectivity index is 1.77. The third-order valence-corrected chi connectivity index (χ3v) is 4.24. The number of amides is 1. The average Bonchev–Trinajstić information content (AvgIpc) is 3.10. The number of nitrogens with zero attached hydrogens (tertiary/aromatic N) is 2. The maximum absolute atomic E-state index is 13.1. The van der Waals surface area contributed by atoms with E-state index in [1.165, 1.54) is 0 Å². The minimum Gasteiger partial charge on any atom is -0.467 e. The number of carbonyl (C=O) groups is 1. The van der Waals surface area contributed by atoms with Crippen molar-refractivity contribution in [1.29, 1.82) is 0 Å². The highest BCUT2D eigenvalue weighted by molar-refractivity contribution is 5.84. The number of morpholine rings is 1. The van der Waals surface area contributed by atoms with E-state index in [1.807, 2.05) is 29.2 Å². The first-order valence-electron chi connectivity index (χ1n) is 8.00. The first-order valence-corrected chi connectivity index (χ1v) is 8.00. The zero-order valence-electron chi connectivity index (χ0n) is 13.5. The van der Waals surface area contributed by atoms with Gasteiger partial charge in [0.25, 0.3) is 0 Å². The molecule has 0 unspecified atom stereocenters. The monoisotopic (exact) mass is 314 g/mol. The van der Waals surface area contributed by atoms with E-state index in [4.69, 9.17) is 9.15 Å². The topological polar surface area (TPSA) is 55.6 Å². The second kappa shape index (κ2) is 6.96. The van der Waals surface area contributed by atoms with Crippen LogP contribution in [0.1, 0.15) is 37.2 Å². The highest BCUT2D eigenvalue weighted by atomic mass is 16.5. The molecule has 1 aliphatic rings. The van der Waals surface area contributed by atoms with Gasteiger partial charge in [0.05, 0.1) is 25.3 Å². The van der Waals surface area contributed by atoms with Gasteiger partial charge in [0.2, 0.25) is 5.91 Å². The van der Waals surface area contributed by atoms with E-state index in [0.717, 1.165) is 11.3 Å². The molecule has 0 spiro atoms. The molecule has 0 bridgehead atoms. The Kier molecular flexibility index (Phi) is 4.76. The molecule has 0 N–H and O–H groups in total. The summed E-state index contributed by atoms with van der Waals surface area (Å²) in [6.07, 6.45) is 4.92. The molecule has 3 heterocycles. The lowest BCUT2D eigenvalue weighted by Crippen LogP contribution is -2.45. The van der Waals surface area contributed by atoms with Gasteiger partial charge >= 0.3 is 0 Å². The summed E-state index contributed by atoms with van der Waals surface area (Å²) in [7, 11) is 0. The minimum atomic E-state index is -0.187. The van der Waals surface area contributed by atoms with E-state index in [2.05, 4.69) is 18.8 Å². The molecule has 1 saturated heterocycles. The molecule has 2 atom stereocenters. The van der Waals surface area contributed by atoms with E-state index in [9.17, 15) is 4.79 Å². The van der Waals surface area contributed by atoms with Crippen molar-refractivity contribution in [2.45, 2.75) is 25.9 Å². The Morgan fingerprint density at radius 1 is 1.30 bits per heavy atom. The molecule has 0 radical (unpaired) electrons. The first kappa shape index (κ1) is 15.7. The quantitative estimate of drug-likeness (QED) is 0.870. The fourth-order valence-corrected chi connectivity index (χ4v) is 3.08. The summed E-state index contributed by atoms with van der Waals surface area (Å²) in [6.45, 7) is 5.82. The first-order chi connectivity index (χ1) is 11.2. The van der Waals surface area contributed by atoms with Gasteiger partial charge in [0, 0.05) is 18.9 Å². The van der Waals surface area contributed by atoms with Crippen LogP contribution >= 0.6 is 0 Å². The van der Waals surface area contributed by atoms with Gasteiger partial charge in [-0.25, -0.2) is 0 Å². The zero-order valence-corrected chi connectivity index (χ0v) is 13.5. The van der Waals surface area contributed by atoms with Crippen LogP contribution in [0, 0.1) is 5.92 Å². The van der Waals surface area contributed by atoms with Crippen LogP contribution in [-0.2, 0) is 9.53 Å². The molecule has 5 heteroatoms. The van der Waals surface area contributed by atoms with Crippen molar-refractivity contribution in [3.05, 3.63) is 54.2 Å². The maximum atomic E-state index is 13.1. The Bertz CT molecular complexity index is 625. The lowest BCUT2D eigenvalue weighted by molar-refractivity contribution is -0.142. The molecule has 0 saturated carbocycles. The van der Waals surface area contributed by atoms with Crippen LogP contribution < -0.4 is 0 Å². The van der Waals surface area contributed by atoms with Crippen molar-refractivity contribution in [2.24, 2.45) is 5.92 Å². The average molecular weight is 314 g/mol. The predicted octanol–water partition coefficient (Wildman–Crippen LogP) is 3.01. The summed E-state index contributed by atoms with van der Waals surface area (Å²) in [5.74, 6) is 0.974. The molecule has 3 rings (SSSR count). The highest BCUT2D eigenvalue weighted by Crippen LogP contribution is 2.29. The molecule has 1 aliphatic heterocycles. The minimum absolute atomic E-state index is 0.144. The zero-order chi connectivity index (χ0) is 16.2. The Morgan fingerprint density at radius 2 is 2.09 bits per heavy atom. The fraction of sp³-hybridized carbons (Fsp3) is 0.444. The summed E-state index contributed by atoms with van der Waals surface area (Å²) in [6, 6.07) is 7.58. The number of ether oxygens (including phenoxy) is 1. The van der Waals surface area contributed by atoms with Crippen LogP contribution in [0.2, 0.25) is 0 Å². The van der Waals surface area contributed by atoms with E-state index in [-0.39, 0.29) is 23.8 Å². The van der Waals surface area contributed by atoms with E-state index in [1.54, 1.807) is 18.7 Å². The maximum Gasteiger partial charge on any atom is 0.230 e. The van der Waals surface area contributed by atoms with Crippen molar-refractivity contribution >= 4 is 5.91 Å². The van der Waals surface area contributed by atoms with Gasteiger partial charge in [-0.2, -0.15) is 0 Å². The SMILES string of the molecule is CC(C)[C@H](C(=O)N1CCO[C@@H](c2ccco2)C1)c1ccncc1. The van der Waals surface area contributed by atoms with E-state index in [0.29, 0.717) is 19.7 Å². The smallest absolute Gasteiger partial charge is 0.230 e. The van der Waals surface area contributed by atoms with Crippen molar-refractivity contribution in [1.82, 2.24) is 9.88 Å². The largest absolute Gasteiger partial charge is 0.467 e. The Hall–Kier alpha value is -2.14. The second-order valence-electron chi connectivity index (χ2n) is 6.16. The molecular weight excluding hydrogens is 292 g/mol. The predicted molar refractivity (Wildman–Crippen MR) is 85.8 cm³/mol. The molecule has 1 fully saturated rings. The van der Waals surface area contributed by atoms with Crippen LogP contribution in [0.5, 0.6) is 0 Å². The van der Waals surface area contributed by atoms with Crippen LogP contribution in [-0.4, -0.2) is 35.5 Å². The van der Waals surface area contributed by atoms with Gasteiger partial charge < -0.3 is 14.1 Å². The molecule has 2 aromatic heterocycles. The third kappa shape index (κ3) is 3.45. The number of pyridine rings is 1. The molecule has 1 amide bonds. The van der Waals surface area contributed by atoms with E-state index < -0.39 is 0 Å².